The first kappa shape index (κ1) is 11.4. The van der Waals surface area contributed by atoms with E-state index >= 15 is 0 Å². The van der Waals surface area contributed by atoms with Gasteiger partial charge in [-0.15, -0.1) is 0 Å². The predicted octanol–water partition coefficient (Wildman–Crippen LogP) is 0.807. The van der Waals surface area contributed by atoms with Crippen LogP contribution in [0.4, 0.5) is 0 Å². The highest BCUT2D eigenvalue weighted by Gasteiger charge is 2.17. The summed E-state index contributed by atoms with van der Waals surface area (Å²) in [6, 6.07) is 7.66. The van der Waals surface area contributed by atoms with Gasteiger partial charge in [0.25, 0.3) is 0 Å². The molecule has 0 heterocycles. The lowest BCUT2D eigenvalue weighted by Gasteiger charge is -2.11. The lowest BCUT2D eigenvalue weighted by atomic mass is 10.0. The molecule has 0 radical (unpaired) electrons. The normalized spacial score (nSPS) is 14.0. The third-order valence-electron chi connectivity index (χ3n) is 2.09. The van der Waals surface area contributed by atoms with Gasteiger partial charge in [-0.25, -0.2) is 0 Å². The number of nitriles is 1. The highest BCUT2D eigenvalue weighted by atomic mass is 16.3. The maximum absolute atomic E-state index is 11.0. The molecule has 1 aromatic carbocycles. The van der Waals surface area contributed by atoms with Crippen LogP contribution < -0.4 is 0 Å². The maximum Gasteiger partial charge on any atom is 0.170 e. The summed E-state index contributed by atoms with van der Waals surface area (Å²) in [7, 11) is 0. The highest BCUT2D eigenvalue weighted by molar-refractivity contribution is 5.94. The summed E-state index contributed by atoms with van der Waals surface area (Å²) in [5.74, 6) is -0.0723. The van der Waals surface area contributed by atoms with Crippen molar-refractivity contribution >= 4 is 5.78 Å². The molecule has 0 bridgehead atoms. The van der Waals surface area contributed by atoms with Gasteiger partial charge >= 0.3 is 0 Å². The van der Waals surface area contributed by atoms with E-state index in [0.29, 0.717) is 11.1 Å². The van der Waals surface area contributed by atoms with Gasteiger partial charge in [0, 0.05) is 5.56 Å². The number of hydrogen-bond donors (Lipinski definition) is 2. The number of Topliss-reactive ketones (excluding diaryl/α,β-unsaturated/α-hetero) is 1. The zero-order valence-corrected chi connectivity index (χ0v) is 8.21. The zero-order valence-electron chi connectivity index (χ0n) is 8.21. The number of benzene rings is 1. The smallest absolute Gasteiger partial charge is 0.170 e. The number of ketones is 1. The quantitative estimate of drug-likeness (QED) is 0.565. The average molecular weight is 205 g/mol. The molecule has 2 unspecified atom stereocenters. The Hall–Kier alpha value is -1.70. The Labute approximate surface area is 87.4 Å². The maximum atomic E-state index is 11.0. The lowest BCUT2D eigenvalue weighted by Crippen LogP contribution is -2.15. The predicted molar refractivity (Wildman–Crippen MR) is 53.0 cm³/mol. The van der Waals surface area contributed by atoms with Crippen molar-refractivity contribution in [2.45, 2.75) is 19.1 Å². The highest BCUT2D eigenvalue weighted by Crippen LogP contribution is 2.17. The molecule has 2 N–H and O–H groups in total. The van der Waals surface area contributed by atoms with E-state index in [-0.39, 0.29) is 5.78 Å². The van der Waals surface area contributed by atoms with Gasteiger partial charge < -0.3 is 10.2 Å². The molecule has 1 rings (SSSR count). The minimum atomic E-state index is -1.45. The van der Waals surface area contributed by atoms with E-state index in [4.69, 9.17) is 10.4 Å². The zero-order chi connectivity index (χ0) is 11.4. The van der Waals surface area contributed by atoms with Crippen LogP contribution in [0, 0.1) is 11.3 Å². The molecule has 0 aromatic heterocycles. The summed E-state index contributed by atoms with van der Waals surface area (Å²) >= 11 is 0. The van der Waals surface area contributed by atoms with Gasteiger partial charge in [-0.1, -0.05) is 24.3 Å². The summed E-state index contributed by atoms with van der Waals surface area (Å²) in [6.07, 6.45) is -2.69. The van der Waals surface area contributed by atoms with Crippen LogP contribution in [0.5, 0.6) is 0 Å². The van der Waals surface area contributed by atoms with Crippen molar-refractivity contribution in [2.75, 3.05) is 0 Å². The molecular formula is C11H11NO3. The summed E-state index contributed by atoms with van der Waals surface area (Å²) in [5.41, 5.74) is 0.937. The molecule has 1 aromatic rings. The van der Waals surface area contributed by atoms with Gasteiger partial charge in [0.05, 0.1) is 6.07 Å². The summed E-state index contributed by atoms with van der Waals surface area (Å²) in [6.45, 7) is 1.44. The Balaban J connectivity index is 2.90. The first-order chi connectivity index (χ1) is 7.06. The third kappa shape index (κ3) is 2.62. The Bertz CT molecular complexity index is 391. The molecule has 4 heteroatoms. The molecule has 0 fully saturated rings. The molecule has 0 aliphatic heterocycles. The minimum absolute atomic E-state index is 0.0723. The molecule has 0 saturated carbocycles. The Kier molecular flexibility index (Phi) is 3.56. The van der Waals surface area contributed by atoms with Crippen LogP contribution in [0.2, 0.25) is 0 Å². The van der Waals surface area contributed by atoms with E-state index < -0.39 is 12.2 Å². The number of hydrogen-bond acceptors (Lipinski definition) is 4. The molecule has 2 atom stereocenters. The molecule has 0 aliphatic carbocycles. The minimum Gasteiger partial charge on any atom is -0.385 e. The van der Waals surface area contributed by atoms with Crippen LogP contribution in [0.1, 0.15) is 28.9 Å². The molecule has 0 amide bonds. The van der Waals surface area contributed by atoms with Gasteiger partial charge in [-0.3, -0.25) is 4.79 Å². The fraction of sp³-hybridized carbons (Fsp3) is 0.273. The monoisotopic (exact) mass is 205 g/mol. The molecule has 0 saturated heterocycles. The second-order valence-electron chi connectivity index (χ2n) is 3.20. The molecule has 15 heavy (non-hydrogen) atoms. The first-order valence-corrected chi connectivity index (χ1v) is 4.43. The third-order valence-corrected chi connectivity index (χ3v) is 2.09. The average Bonchev–Trinajstić information content (AvgIpc) is 2.27. The van der Waals surface area contributed by atoms with E-state index in [1.807, 2.05) is 0 Å². The number of carbonyl (C=O) groups excluding carboxylic acids is 1. The number of carbonyl (C=O) groups is 1. The van der Waals surface area contributed by atoms with Crippen molar-refractivity contribution in [3.63, 3.8) is 0 Å². The van der Waals surface area contributed by atoms with E-state index in [1.165, 1.54) is 25.1 Å². The molecular weight excluding hydrogens is 194 g/mol. The standard InChI is InChI=1S/C11H11NO3/c1-7(13)8-2-4-9(5-3-8)11(15)10(14)6-12/h2-5,10-11,14-15H,1H3. The van der Waals surface area contributed by atoms with E-state index in [2.05, 4.69) is 0 Å². The van der Waals surface area contributed by atoms with Crippen LogP contribution in [0.3, 0.4) is 0 Å². The van der Waals surface area contributed by atoms with Crippen molar-refractivity contribution in [3.05, 3.63) is 35.4 Å². The fourth-order valence-electron chi connectivity index (χ4n) is 1.17. The Morgan fingerprint density at radius 3 is 2.27 bits per heavy atom. The van der Waals surface area contributed by atoms with Crippen molar-refractivity contribution in [2.24, 2.45) is 0 Å². The molecule has 78 valence electrons. The number of rotatable bonds is 3. The Morgan fingerprint density at radius 1 is 1.33 bits per heavy atom. The molecule has 0 aliphatic rings. The summed E-state index contributed by atoms with van der Waals surface area (Å²) < 4.78 is 0. The van der Waals surface area contributed by atoms with Crippen molar-refractivity contribution in [1.29, 1.82) is 5.26 Å². The van der Waals surface area contributed by atoms with Crippen LogP contribution in [0.15, 0.2) is 24.3 Å². The van der Waals surface area contributed by atoms with Crippen LogP contribution >= 0.6 is 0 Å². The van der Waals surface area contributed by atoms with Crippen LogP contribution in [-0.2, 0) is 0 Å². The second kappa shape index (κ2) is 4.69. The van der Waals surface area contributed by atoms with Crippen molar-refractivity contribution in [3.8, 4) is 6.07 Å². The van der Waals surface area contributed by atoms with Gasteiger partial charge in [0.2, 0.25) is 0 Å². The molecule has 4 nitrogen and oxygen atoms in total. The van der Waals surface area contributed by atoms with E-state index in [9.17, 15) is 9.90 Å². The van der Waals surface area contributed by atoms with Gasteiger partial charge in [-0.05, 0) is 12.5 Å². The molecule has 0 spiro atoms. The van der Waals surface area contributed by atoms with Crippen molar-refractivity contribution in [1.82, 2.24) is 0 Å². The number of nitrogens with zero attached hydrogens (tertiary/aromatic N) is 1. The van der Waals surface area contributed by atoms with Gasteiger partial charge in [-0.2, -0.15) is 5.26 Å². The van der Waals surface area contributed by atoms with Crippen molar-refractivity contribution < 1.29 is 15.0 Å². The van der Waals surface area contributed by atoms with E-state index in [1.54, 1.807) is 12.1 Å². The fourth-order valence-corrected chi connectivity index (χ4v) is 1.17. The first-order valence-electron chi connectivity index (χ1n) is 4.43. The lowest BCUT2D eigenvalue weighted by molar-refractivity contribution is 0.0528. The second-order valence-corrected chi connectivity index (χ2v) is 3.20. The number of aliphatic hydroxyl groups is 2. The van der Waals surface area contributed by atoms with Gasteiger partial charge in [0.15, 0.2) is 11.9 Å². The largest absolute Gasteiger partial charge is 0.385 e. The summed E-state index contributed by atoms with van der Waals surface area (Å²) in [5, 5.41) is 26.9. The summed E-state index contributed by atoms with van der Waals surface area (Å²) in [4.78, 5) is 11.0. The topological polar surface area (TPSA) is 81.3 Å². The van der Waals surface area contributed by atoms with Crippen LogP contribution in [-0.4, -0.2) is 22.1 Å². The Morgan fingerprint density at radius 2 is 1.87 bits per heavy atom. The SMILES string of the molecule is CC(=O)c1ccc(C(O)C(O)C#N)cc1. The van der Waals surface area contributed by atoms with Crippen LogP contribution in [0.25, 0.3) is 0 Å². The number of aliphatic hydroxyl groups excluding tert-OH is 2. The van der Waals surface area contributed by atoms with E-state index in [0.717, 1.165) is 0 Å². The van der Waals surface area contributed by atoms with Gasteiger partial charge in [0.1, 0.15) is 6.10 Å².